The minimum atomic E-state index is -0.879. The van der Waals surface area contributed by atoms with Crippen LogP contribution in [0.4, 0.5) is 0 Å². The molecule has 1 unspecified atom stereocenters. The lowest BCUT2D eigenvalue weighted by atomic mass is 9.77. The molecule has 1 fully saturated rings. The van der Waals surface area contributed by atoms with Gasteiger partial charge < -0.3 is 14.6 Å². The van der Waals surface area contributed by atoms with E-state index in [2.05, 4.69) is 0 Å². The van der Waals surface area contributed by atoms with Crippen molar-refractivity contribution in [3.63, 3.8) is 0 Å². The number of hydrogen-bond acceptors (Lipinski definition) is 4. The van der Waals surface area contributed by atoms with E-state index in [0.717, 1.165) is 35.1 Å². The molecule has 1 N–H and O–H groups in total. The van der Waals surface area contributed by atoms with Crippen LogP contribution in [0, 0.1) is 12.8 Å². The smallest absolute Gasteiger partial charge is 0.192 e. The predicted octanol–water partition coefficient (Wildman–Crippen LogP) is 5.37. The predicted molar refractivity (Wildman–Crippen MR) is 114 cm³/mol. The molecule has 2 heterocycles. The number of aliphatic hydroxyl groups is 1. The van der Waals surface area contributed by atoms with Crippen molar-refractivity contribution in [3.05, 3.63) is 64.4 Å². The molecular weight excluding hydrogens is 388 g/mol. The molecule has 2 aliphatic heterocycles. The van der Waals surface area contributed by atoms with E-state index in [0.29, 0.717) is 23.8 Å². The van der Waals surface area contributed by atoms with E-state index in [1.54, 1.807) is 0 Å². The number of halogens is 1. The number of rotatable bonds is 3. The first-order chi connectivity index (χ1) is 13.9. The summed E-state index contributed by atoms with van der Waals surface area (Å²) in [4.78, 5) is 12.8. The van der Waals surface area contributed by atoms with Gasteiger partial charge in [-0.05, 0) is 73.1 Å². The first-order valence-corrected chi connectivity index (χ1v) is 10.3. The van der Waals surface area contributed by atoms with Gasteiger partial charge in [-0.2, -0.15) is 0 Å². The maximum absolute atomic E-state index is 12.8. The molecular formula is C24H25ClO4. The second-order valence-electron chi connectivity index (χ2n) is 7.97. The van der Waals surface area contributed by atoms with Gasteiger partial charge in [0.1, 0.15) is 18.0 Å². The average Bonchev–Trinajstić information content (AvgIpc) is 2.74. The number of ketones is 1. The quantitative estimate of drug-likeness (QED) is 0.736. The second-order valence-corrected chi connectivity index (χ2v) is 8.40. The summed E-state index contributed by atoms with van der Waals surface area (Å²) in [5, 5.41) is 11.9. The van der Waals surface area contributed by atoms with E-state index in [1.807, 2.05) is 56.3 Å². The van der Waals surface area contributed by atoms with Crippen LogP contribution in [0.2, 0.25) is 5.02 Å². The Kier molecular flexibility index (Phi) is 5.52. The van der Waals surface area contributed by atoms with Crippen LogP contribution >= 0.6 is 11.6 Å². The van der Waals surface area contributed by atoms with Crippen LogP contribution in [0.5, 0.6) is 0 Å². The van der Waals surface area contributed by atoms with Crippen molar-refractivity contribution < 1.29 is 19.4 Å². The van der Waals surface area contributed by atoms with E-state index in [9.17, 15) is 9.90 Å². The third-order valence-corrected chi connectivity index (χ3v) is 6.43. The summed E-state index contributed by atoms with van der Waals surface area (Å²) in [6, 6.07) is 13.5. The number of carbonyl (C=O) groups excluding carboxylic acids is 1. The Bertz CT molecular complexity index is 957. The van der Waals surface area contributed by atoms with Crippen molar-refractivity contribution >= 4 is 23.0 Å². The van der Waals surface area contributed by atoms with Gasteiger partial charge in [0.05, 0.1) is 5.57 Å². The molecule has 2 aromatic rings. The molecule has 0 aliphatic carbocycles. The van der Waals surface area contributed by atoms with Gasteiger partial charge in [0, 0.05) is 18.2 Å². The van der Waals surface area contributed by atoms with Crippen molar-refractivity contribution in [1.29, 1.82) is 0 Å². The summed E-state index contributed by atoms with van der Waals surface area (Å²) in [6.45, 7) is 5.10. The molecule has 4 rings (SSSR count). The molecule has 2 aromatic carbocycles. The van der Waals surface area contributed by atoms with Gasteiger partial charge in [-0.25, -0.2) is 0 Å². The molecule has 0 radical (unpaired) electrons. The fourth-order valence-electron chi connectivity index (χ4n) is 4.29. The molecule has 1 atom stereocenters. The number of aryl methyl sites for hydroxylation is 1. The van der Waals surface area contributed by atoms with Crippen LogP contribution in [0.3, 0.4) is 0 Å². The van der Waals surface area contributed by atoms with Gasteiger partial charge in [0.25, 0.3) is 0 Å². The van der Waals surface area contributed by atoms with E-state index in [1.165, 1.54) is 0 Å². The lowest BCUT2D eigenvalue weighted by Gasteiger charge is -2.42. The molecule has 0 spiro atoms. The number of hydrogen-bond donors (Lipinski definition) is 1. The molecule has 1 saturated heterocycles. The van der Waals surface area contributed by atoms with Crippen LogP contribution in [0.1, 0.15) is 30.9 Å². The lowest BCUT2D eigenvalue weighted by molar-refractivity contribution is -0.137. The summed E-state index contributed by atoms with van der Waals surface area (Å²) < 4.78 is 11.4. The highest BCUT2D eigenvalue weighted by molar-refractivity contribution is 6.30. The lowest BCUT2D eigenvalue weighted by Crippen LogP contribution is -2.47. The Balaban J connectivity index is 1.81. The molecule has 4 nitrogen and oxygen atoms in total. The van der Waals surface area contributed by atoms with Gasteiger partial charge in [-0.15, -0.1) is 0 Å². The zero-order valence-corrected chi connectivity index (χ0v) is 17.5. The highest BCUT2D eigenvalue weighted by Crippen LogP contribution is 2.42. The third kappa shape index (κ3) is 3.73. The largest absolute Gasteiger partial charge is 0.508 e. The van der Waals surface area contributed by atoms with Crippen LogP contribution in [-0.4, -0.2) is 36.3 Å². The molecule has 0 amide bonds. The van der Waals surface area contributed by atoms with Gasteiger partial charge in [0.15, 0.2) is 5.78 Å². The maximum atomic E-state index is 12.8. The van der Waals surface area contributed by atoms with Gasteiger partial charge >= 0.3 is 0 Å². The summed E-state index contributed by atoms with van der Waals surface area (Å²) in [5.41, 5.74) is 3.15. The minimum Gasteiger partial charge on any atom is -0.508 e. The van der Waals surface area contributed by atoms with Crippen molar-refractivity contribution in [2.24, 2.45) is 5.92 Å². The fourth-order valence-corrected chi connectivity index (χ4v) is 4.41. The van der Waals surface area contributed by atoms with Crippen LogP contribution in [0.25, 0.3) is 16.7 Å². The van der Waals surface area contributed by atoms with E-state index >= 15 is 0 Å². The van der Waals surface area contributed by atoms with E-state index in [-0.39, 0.29) is 24.1 Å². The number of aliphatic hydroxyl groups excluding tert-OH is 1. The van der Waals surface area contributed by atoms with Crippen molar-refractivity contribution in [2.45, 2.75) is 32.3 Å². The molecule has 152 valence electrons. The van der Waals surface area contributed by atoms with Crippen LogP contribution in [0.15, 0.2) is 48.2 Å². The van der Waals surface area contributed by atoms with Crippen LogP contribution < -0.4 is 0 Å². The standard InChI is InChI=1S/C24H25ClO4/c1-15-3-4-17(16-5-7-19(25)8-6-16)13-20(15)22-21(26)14-29-24(2,23(22)27)18-9-11-28-12-10-18/h3-8,13,18,27H,9-12,14H2,1-2H3. The topological polar surface area (TPSA) is 55.8 Å². The monoisotopic (exact) mass is 412 g/mol. The second kappa shape index (κ2) is 7.94. The molecule has 2 aliphatic rings. The first-order valence-electron chi connectivity index (χ1n) is 9.95. The van der Waals surface area contributed by atoms with Crippen molar-refractivity contribution in [1.82, 2.24) is 0 Å². The number of Topliss-reactive ketones (excluding diaryl/α,β-unsaturated/α-hetero) is 1. The van der Waals surface area contributed by atoms with Crippen LogP contribution in [-0.2, 0) is 14.3 Å². The third-order valence-electron chi connectivity index (χ3n) is 6.17. The number of benzene rings is 2. The Labute approximate surface area is 176 Å². The number of carbonyl (C=O) groups is 1. The normalized spacial score (nSPS) is 23.5. The Morgan fingerprint density at radius 2 is 1.72 bits per heavy atom. The minimum absolute atomic E-state index is 0.0299. The Morgan fingerprint density at radius 3 is 2.41 bits per heavy atom. The molecule has 0 saturated carbocycles. The van der Waals surface area contributed by atoms with Gasteiger partial charge in [-0.1, -0.05) is 35.9 Å². The first kappa shape index (κ1) is 20.1. The zero-order valence-electron chi connectivity index (χ0n) is 16.7. The molecule has 5 heteroatoms. The highest BCUT2D eigenvalue weighted by Gasteiger charge is 2.46. The van der Waals surface area contributed by atoms with Crippen molar-refractivity contribution in [3.8, 4) is 11.1 Å². The van der Waals surface area contributed by atoms with Gasteiger partial charge in [0.2, 0.25) is 0 Å². The molecule has 29 heavy (non-hydrogen) atoms. The summed E-state index contributed by atoms with van der Waals surface area (Å²) in [7, 11) is 0. The SMILES string of the molecule is Cc1ccc(-c2ccc(Cl)cc2)cc1C1=C(O)C(C)(C2CCOCC2)OCC1=O. The Hall–Kier alpha value is -2.14. The maximum Gasteiger partial charge on any atom is 0.192 e. The van der Waals surface area contributed by atoms with Gasteiger partial charge in [-0.3, -0.25) is 4.79 Å². The fraction of sp³-hybridized carbons (Fsp3) is 0.375. The molecule has 0 bridgehead atoms. The highest BCUT2D eigenvalue weighted by atomic mass is 35.5. The number of ether oxygens (including phenoxy) is 2. The van der Waals surface area contributed by atoms with E-state index in [4.69, 9.17) is 21.1 Å². The summed E-state index contributed by atoms with van der Waals surface area (Å²) >= 11 is 6.01. The molecule has 0 aromatic heterocycles. The average molecular weight is 413 g/mol. The van der Waals surface area contributed by atoms with Crippen molar-refractivity contribution in [2.75, 3.05) is 19.8 Å². The summed E-state index contributed by atoms with van der Waals surface area (Å²) in [5.74, 6) is -0.0421. The van der Waals surface area contributed by atoms with E-state index < -0.39 is 5.60 Å². The zero-order chi connectivity index (χ0) is 20.6. The summed E-state index contributed by atoms with van der Waals surface area (Å²) in [6.07, 6.45) is 1.59. The Morgan fingerprint density at radius 1 is 1.07 bits per heavy atom.